The van der Waals surface area contributed by atoms with Crippen LogP contribution in [0.25, 0.3) is 10.8 Å². The van der Waals surface area contributed by atoms with Gasteiger partial charge in [0.2, 0.25) is 0 Å². The molecule has 2 heteroatoms. The van der Waals surface area contributed by atoms with Gasteiger partial charge in [-0.25, -0.2) is 0 Å². The predicted octanol–water partition coefficient (Wildman–Crippen LogP) is 3.74. The number of hydrogen-bond acceptors (Lipinski definition) is 2. The quantitative estimate of drug-likeness (QED) is 0.793. The summed E-state index contributed by atoms with van der Waals surface area (Å²) in [5.41, 5.74) is 6.80. The molecule has 0 saturated heterocycles. The summed E-state index contributed by atoms with van der Waals surface area (Å²) in [7, 11) is 0. The summed E-state index contributed by atoms with van der Waals surface area (Å²) < 4.78 is 6.09. The van der Waals surface area contributed by atoms with Gasteiger partial charge < -0.3 is 10.5 Å². The smallest absolute Gasteiger partial charge is 0.127 e. The van der Waals surface area contributed by atoms with Crippen molar-refractivity contribution in [3.05, 3.63) is 36.4 Å². The molecular formula is C15H17NO. The standard InChI is InChI=1S/C15H17NO/c16-14-9-3-8-13-12(14)7-4-10-15(13)17-11-5-1-2-6-11/h3-4,7-11H,1-2,5-6,16H2. The molecule has 1 fully saturated rings. The maximum atomic E-state index is 6.09. The molecule has 0 aliphatic heterocycles. The first kappa shape index (κ1) is 10.5. The Labute approximate surface area is 101 Å². The summed E-state index contributed by atoms with van der Waals surface area (Å²) >= 11 is 0. The second-order valence-electron chi connectivity index (χ2n) is 4.72. The molecule has 17 heavy (non-hydrogen) atoms. The van der Waals surface area contributed by atoms with E-state index in [2.05, 4.69) is 6.07 Å². The van der Waals surface area contributed by atoms with Gasteiger partial charge in [0, 0.05) is 16.5 Å². The minimum Gasteiger partial charge on any atom is -0.490 e. The van der Waals surface area contributed by atoms with E-state index in [1.807, 2.05) is 30.3 Å². The lowest BCUT2D eigenvalue weighted by atomic mass is 10.1. The third kappa shape index (κ3) is 1.95. The predicted molar refractivity (Wildman–Crippen MR) is 71.2 cm³/mol. The molecule has 0 atom stereocenters. The first-order valence-corrected chi connectivity index (χ1v) is 6.28. The van der Waals surface area contributed by atoms with Crippen molar-refractivity contribution in [2.75, 3.05) is 5.73 Å². The van der Waals surface area contributed by atoms with Crippen LogP contribution in [0, 0.1) is 0 Å². The third-order valence-electron chi connectivity index (χ3n) is 3.51. The van der Waals surface area contributed by atoms with Gasteiger partial charge in [0.15, 0.2) is 0 Å². The Morgan fingerprint density at radius 1 is 0.941 bits per heavy atom. The molecule has 0 unspecified atom stereocenters. The summed E-state index contributed by atoms with van der Waals surface area (Å²) in [4.78, 5) is 0. The highest BCUT2D eigenvalue weighted by molar-refractivity contribution is 5.96. The van der Waals surface area contributed by atoms with E-state index in [0.717, 1.165) is 22.2 Å². The molecule has 1 saturated carbocycles. The second kappa shape index (κ2) is 4.28. The Balaban J connectivity index is 2.01. The first-order valence-electron chi connectivity index (χ1n) is 6.28. The lowest BCUT2D eigenvalue weighted by molar-refractivity contribution is 0.213. The highest BCUT2D eigenvalue weighted by Gasteiger charge is 2.17. The molecular weight excluding hydrogens is 210 g/mol. The molecule has 2 nitrogen and oxygen atoms in total. The van der Waals surface area contributed by atoms with Crippen molar-refractivity contribution in [1.82, 2.24) is 0 Å². The number of rotatable bonds is 2. The lowest BCUT2D eigenvalue weighted by Gasteiger charge is -2.15. The molecule has 0 aromatic heterocycles. The van der Waals surface area contributed by atoms with Crippen LogP contribution in [0.5, 0.6) is 5.75 Å². The summed E-state index contributed by atoms with van der Waals surface area (Å²) in [6.45, 7) is 0. The number of hydrogen-bond donors (Lipinski definition) is 1. The highest BCUT2D eigenvalue weighted by atomic mass is 16.5. The zero-order valence-corrected chi connectivity index (χ0v) is 9.86. The Hall–Kier alpha value is -1.70. The second-order valence-corrected chi connectivity index (χ2v) is 4.72. The van der Waals surface area contributed by atoms with Crippen LogP contribution in [0.4, 0.5) is 5.69 Å². The molecule has 0 spiro atoms. The Morgan fingerprint density at radius 2 is 1.65 bits per heavy atom. The van der Waals surface area contributed by atoms with E-state index in [1.54, 1.807) is 0 Å². The summed E-state index contributed by atoms with van der Waals surface area (Å²) in [6.07, 6.45) is 5.33. The zero-order valence-electron chi connectivity index (χ0n) is 9.86. The van der Waals surface area contributed by atoms with Gasteiger partial charge in [0.25, 0.3) is 0 Å². The Morgan fingerprint density at radius 3 is 2.47 bits per heavy atom. The van der Waals surface area contributed by atoms with E-state index in [-0.39, 0.29) is 0 Å². The highest BCUT2D eigenvalue weighted by Crippen LogP contribution is 2.32. The van der Waals surface area contributed by atoms with Gasteiger partial charge in [-0.2, -0.15) is 0 Å². The zero-order chi connectivity index (χ0) is 11.7. The van der Waals surface area contributed by atoms with Crippen molar-refractivity contribution in [3.8, 4) is 5.75 Å². The largest absolute Gasteiger partial charge is 0.490 e. The summed E-state index contributed by atoms with van der Waals surface area (Å²) in [5, 5.41) is 2.21. The number of anilines is 1. The van der Waals surface area contributed by atoms with E-state index in [9.17, 15) is 0 Å². The third-order valence-corrected chi connectivity index (χ3v) is 3.51. The van der Waals surface area contributed by atoms with Crippen molar-refractivity contribution < 1.29 is 4.74 Å². The molecule has 0 heterocycles. The van der Waals surface area contributed by atoms with Crippen LogP contribution in [-0.2, 0) is 0 Å². The Kier molecular flexibility index (Phi) is 2.63. The van der Waals surface area contributed by atoms with E-state index in [4.69, 9.17) is 10.5 Å². The fourth-order valence-electron chi connectivity index (χ4n) is 2.59. The minimum absolute atomic E-state index is 0.391. The molecule has 2 aromatic carbocycles. The average Bonchev–Trinajstić information content (AvgIpc) is 2.83. The average molecular weight is 227 g/mol. The fourth-order valence-corrected chi connectivity index (χ4v) is 2.59. The molecule has 0 radical (unpaired) electrons. The van der Waals surface area contributed by atoms with Crippen molar-refractivity contribution >= 4 is 16.5 Å². The number of benzene rings is 2. The molecule has 2 N–H and O–H groups in total. The minimum atomic E-state index is 0.391. The molecule has 0 amide bonds. The van der Waals surface area contributed by atoms with E-state index in [0.29, 0.717) is 6.10 Å². The van der Waals surface area contributed by atoms with E-state index in [1.165, 1.54) is 25.7 Å². The van der Waals surface area contributed by atoms with Gasteiger partial charge in [0.1, 0.15) is 5.75 Å². The first-order chi connectivity index (χ1) is 8.34. The van der Waals surface area contributed by atoms with Gasteiger partial charge in [-0.05, 0) is 37.8 Å². The van der Waals surface area contributed by atoms with Crippen molar-refractivity contribution in [2.45, 2.75) is 31.8 Å². The van der Waals surface area contributed by atoms with Crippen molar-refractivity contribution in [3.63, 3.8) is 0 Å². The van der Waals surface area contributed by atoms with E-state index >= 15 is 0 Å². The fraction of sp³-hybridized carbons (Fsp3) is 0.333. The number of ether oxygens (including phenoxy) is 1. The molecule has 2 aromatic rings. The topological polar surface area (TPSA) is 35.2 Å². The van der Waals surface area contributed by atoms with Crippen LogP contribution in [0.15, 0.2) is 36.4 Å². The SMILES string of the molecule is Nc1cccc2c(OC3CCCC3)cccc12. The summed E-state index contributed by atoms with van der Waals surface area (Å²) in [5.74, 6) is 0.974. The molecule has 1 aliphatic carbocycles. The van der Waals surface area contributed by atoms with Gasteiger partial charge in [-0.15, -0.1) is 0 Å². The number of fused-ring (bicyclic) bond motifs is 1. The number of nitrogens with two attached hydrogens (primary N) is 1. The molecule has 0 bridgehead atoms. The van der Waals surface area contributed by atoms with Crippen molar-refractivity contribution in [2.24, 2.45) is 0 Å². The number of nitrogen functional groups attached to an aromatic ring is 1. The van der Waals surface area contributed by atoms with Crippen LogP contribution in [0.3, 0.4) is 0 Å². The van der Waals surface area contributed by atoms with Crippen LogP contribution >= 0.6 is 0 Å². The van der Waals surface area contributed by atoms with Crippen LogP contribution in [-0.4, -0.2) is 6.10 Å². The van der Waals surface area contributed by atoms with E-state index < -0.39 is 0 Å². The molecule has 1 aliphatic rings. The normalized spacial score (nSPS) is 16.5. The van der Waals surface area contributed by atoms with Gasteiger partial charge in [-0.1, -0.05) is 24.3 Å². The van der Waals surface area contributed by atoms with Crippen LogP contribution < -0.4 is 10.5 Å². The monoisotopic (exact) mass is 227 g/mol. The Bertz CT molecular complexity index is 529. The van der Waals surface area contributed by atoms with Gasteiger partial charge >= 0.3 is 0 Å². The van der Waals surface area contributed by atoms with Crippen LogP contribution in [0.2, 0.25) is 0 Å². The van der Waals surface area contributed by atoms with Gasteiger partial charge in [0.05, 0.1) is 6.10 Å². The lowest BCUT2D eigenvalue weighted by Crippen LogP contribution is -2.11. The molecule has 3 rings (SSSR count). The molecule has 88 valence electrons. The van der Waals surface area contributed by atoms with Gasteiger partial charge in [-0.3, -0.25) is 0 Å². The maximum absolute atomic E-state index is 6.09. The summed E-state index contributed by atoms with van der Waals surface area (Å²) in [6, 6.07) is 12.1. The van der Waals surface area contributed by atoms with Crippen molar-refractivity contribution in [1.29, 1.82) is 0 Å². The maximum Gasteiger partial charge on any atom is 0.127 e. The van der Waals surface area contributed by atoms with Crippen LogP contribution in [0.1, 0.15) is 25.7 Å².